The Balaban J connectivity index is 3.35. The minimum Gasteiger partial charge on any atom is -0.298 e. The van der Waals surface area contributed by atoms with Crippen LogP contribution in [0.2, 0.25) is 0 Å². The van der Waals surface area contributed by atoms with Crippen LogP contribution in [0.1, 0.15) is 28.2 Å². The van der Waals surface area contributed by atoms with Gasteiger partial charge in [0.2, 0.25) is 0 Å². The third-order valence-electron chi connectivity index (χ3n) is 1.55. The first-order valence-electron chi connectivity index (χ1n) is 3.58. The van der Waals surface area contributed by atoms with Crippen molar-refractivity contribution < 1.29 is 18.0 Å². The van der Waals surface area contributed by atoms with Gasteiger partial charge >= 0.3 is 0 Å². The van der Waals surface area contributed by atoms with E-state index in [1.54, 1.807) is 0 Å². The minimum atomic E-state index is -2.99. The van der Waals surface area contributed by atoms with Gasteiger partial charge in [0.15, 0.2) is 6.29 Å². The molecule has 1 aromatic heterocycles. The first-order chi connectivity index (χ1) is 6.60. The van der Waals surface area contributed by atoms with E-state index in [4.69, 9.17) is 11.6 Å². The van der Waals surface area contributed by atoms with Crippen LogP contribution in [-0.2, 0) is 5.88 Å². The van der Waals surface area contributed by atoms with Gasteiger partial charge in [-0.15, -0.1) is 11.6 Å². The average molecular weight is 224 g/mol. The van der Waals surface area contributed by atoms with Crippen molar-refractivity contribution in [3.8, 4) is 0 Å². The van der Waals surface area contributed by atoms with Gasteiger partial charge < -0.3 is 0 Å². The first kappa shape index (κ1) is 11.0. The highest BCUT2D eigenvalue weighted by Gasteiger charge is 2.19. The van der Waals surface area contributed by atoms with Crippen LogP contribution in [0.15, 0.2) is 6.07 Å². The lowest BCUT2D eigenvalue weighted by molar-refractivity contribution is 0.109. The van der Waals surface area contributed by atoms with Gasteiger partial charge in [0.05, 0.1) is 17.1 Å². The SMILES string of the molecule is O=Cc1c(F)cc(CCl)nc1C(F)F. The zero-order valence-electron chi connectivity index (χ0n) is 6.81. The molecular weight excluding hydrogens is 219 g/mol. The summed E-state index contributed by atoms with van der Waals surface area (Å²) in [5.41, 5.74) is -1.60. The molecule has 0 spiro atoms. The Kier molecular flexibility index (Phi) is 3.46. The van der Waals surface area contributed by atoms with Crippen LogP contribution >= 0.6 is 11.6 Å². The van der Waals surface area contributed by atoms with Gasteiger partial charge in [-0.25, -0.2) is 18.2 Å². The molecular formula is C8H5ClF3NO. The van der Waals surface area contributed by atoms with Gasteiger partial charge in [-0.05, 0) is 6.07 Å². The molecule has 0 unspecified atom stereocenters. The molecule has 0 radical (unpaired) electrons. The zero-order valence-corrected chi connectivity index (χ0v) is 7.56. The molecule has 1 rings (SSSR count). The molecule has 0 amide bonds. The van der Waals surface area contributed by atoms with Gasteiger partial charge in [-0.1, -0.05) is 0 Å². The third-order valence-corrected chi connectivity index (χ3v) is 1.83. The number of halogens is 4. The van der Waals surface area contributed by atoms with Crippen molar-refractivity contribution in [2.24, 2.45) is 0 Å². The predicted molar refractivity (Wildman–Crippen MR) is 44.1 cm³/mol. The summed E-state index contributed by atoms with van der Waals surface area (Å²) in [4.78, 5) is 13.7. The Morgan fingerprint density at radius 3 is 2.64 bits per heavy atom. The fourth-order valence-corrected chi connectivity index (χ4v) is 1.08. The quantitative estimate of drug-likeness (QED) is 0.583. The molecule has 0 atom stereocenters. The molecule has 0 aliphatic rings. The smallest absolute Gasteiger partial charge is 0.281 e. The van der Waals surface area contributed by atoms with Gasteiger partial charge in [-0.3, -0.25) is 4.79 Å². The van der Waals surface area contributed by atoms with Crippen molar-refractivity contribution in [3.05, 3.63) is 28.8 Å². The van der Waals surface area contributed by atoms with Crippen LogP contribution in [0, 0.1) is 5.82 Å². The van der Waals surface area contributed by atoms with E-state index in [1.807, 2.05) is 0 Å². The van der Waals surface area contributed by atoms with Crippen LogP contribution in [-0.4, -0.2) is 11.3 Å². The van der Waals surface area contributed by atoms with Crippen molar-refractivity contribution in [2.75, 3.05) is 0 Å². The van der Waals surface area contributed by atoms with E-state index in [1.165, 1.54) is 0 Å². The number of carbonyl (C=O) groups excluding carboxylic acids is 1. The van der Waals surface area contributed by atoms with Crippen LogP contribution in [0.4, 0.5) is 13.2 Å². The maximum atomic E-state index is 13.0. The summed E-state index contributed by atoms with van der Waals surface area (Å²) >= 11 is 5.31. The standard InChI is InChI=1S/C8H5ClF3NO/c9-2-4-1-6(10)5(3-14)7(13-4)8(11)12/h1,3,8H,2H2. The molecule has 0 aromatic carbocycles. The molecule has 6 heteroatoms. The highest BCUT2D eigenvalue weighted by molar-refractivity contribution is 6.16. The summed E-state index contributed by atoms with van der Waals surface area (Å²) in [6, 6.07) is 0.864. The predicted octanol–water partition coefficient (Wildman–Crippen LogP) is 2.71. The maximum Gasteiger partial charge on any atom is 0.281 e. The number of alkyl halides is 3. The monoisotopic (exact) mass is 223 g/mol. The summed E-state index contributed by atoms with van der Waals surface area (Å²) in [6.45, 7) is 0. The Bertz CT molecular complexity index is 357. The van der Waals surface area contributed by atoms with Crippen LogP contribution < -0.4 is 0 Å². The summed E-state index contributed by atoms with van der Waals surface area (Å²) < 4.78 is 37.6. The van der Waals surface area contributed by atoms with Crippen molar-refractivity contribution in [3.63, 3.8) is 0 Å². The number of pyridine rings is 1. The van der Waals surface area contributed by atoms with Gasteiger partial charge in [0.1, 0.15) is 11.5 Å². The summed E-state index contributed by atoms with van der Waals surface area (Å²) in [7, 11) is 0. The number of nitrogens with zero attached hydrogens (tertiary/aromatic N) is 1. The largest absolute Gasteiger partial charge is 0.298 e. The van der Waals surface area contributed by atoms with Crippen molar-refractivity contribution >= 4 is 17.9 Å². The second-order valence-electron chi connectivity index (χ2n) is 2.45. The molecule has 1 aromatic rings. The fraction of sp³-hybridized carbons (Fsp3) is 0.250. The molecule has 0 fully saturated rings. The topological polar surface area (TPSA) is 30.0 Å². The summed E-state index contributed by atoms with van der Waals surface area (Å²) in [5, 5.41) is 0. The number of hydrogen-bond donors (Lipinski definition) is 0. The fourth-order valence-electron chi connectivity index (χ4n) is 0.945. The molecule has 0 N–H and O–H groups in total. The van der Waals surface area contributed by atoms with E-state index in [0.717, 1.165) is 6.07 Å². The molecule has 0 saturated carbocycles. The molecule has 0 bridgehead atoms. The van der Waals surface area contributed by atoms with Crippen LogP contribution in [0.25, 0.3) is 0 Å². The number of carbonyl (C=O) groups is 1. The lowest BCUT2D eigenvalue weighted by Gasteiger charge is -2.05. The normalized spacial score (nSPS) is 10.6. The third kappa shape index (κ3) is 2.04. The molecule has 0 aliphatic heterocycles. The van der Waals surface area contributed by atoms with E-state index < -0.39 is 23.5 Å². The lowest BCUT2D eigenvalue weighted by atomic mass is 10.2. The highest BCUT2D eigenvalue weighted by Crippen LogP contribution is 2.22. The van der Waals surface area contributed by atoms with Crippen molar-refractivity contribution in [2.45, 2.75) is 12.3 Å². The molecule has 14 heavy (non-hydrogen) atoms. The Labute approximate surface area is 82.7 Å². The van der Waals surface area contributed by atoms with Crippen molar-refractivity contribution in [1.82, 2.24) is 4.98 Å². The minimum absolute atomic E-state index is 0.0157. The zero-order chi connectivity index (χ0) is 10.7. The number of hydrogen-bond acceptors (Lipinski definition) is 2. The van der Waals surface area contributed by atoms with Crippen LogP contribution in [0.3, 0.4) is 0 Å². The second kappa shape index (κ2) is 4.41. The van der Waals surface area contributed by atoms with Crippen molar-refractivity contribution in [1.29, 1.82) is 0 Å². The molecule has 2 nitrogen and oxygen atoms in total. The van der Waals surface area contributed by atoms with E-state index in [2.05, 4.69) is 4.98 Å². The molecule has 0 aliphatic carbocycles. The maximum absolute atomic E-state index is 13.0. The molecule has 0 saturated heterocycles. The van der Waals surface area contributed by atoms with Crippen LogP contribution in [0.5, 0.6) is 0 Å². The van der Waals surface area contributed by atoms with Gasteiger partial charge in [0, 0.05) is 0 Å². The van der Waals surface area contributed by atoms with E-state index in [0.29, 0.717) is 0 Å². The highest BCUT2D eigenvalue weighted by atomic mass is 35.5. The van der Waals surface area contributed by atoms with E-state index in [9.17, 15) is 18.0 Å². The molecule has 76 valence electrons. The Morgan fingerprint density at radius 1 is 1.57 bits per heavy atom. The van der Waals surface area contributed by atoms with Gasteiger partial charge in [0.25, 0.3) is 6.43 Å². The Morgan fingerprint density at radius 2 is 2.21 bits per heavy atom. The van der Waals surface area contributed by atoms with E-state index in [-0.39, 0.29) is 17.9 Å². The second-order valence-corrected chi connectivity index (χ2v) is 2.71. The summed E-state index contributed by atoms with van der Waals surface area (Å²) in [5.74, 6) is -1.21. The number of aromatic nitrogens is 1. The van der Waals surface area contributed by atoms with E-state index >= 15 is 0 Å². The Hall–Kier alpha value is -1.10. The lowest BCUT2D eigenvalue weighted by Crippen LogP contribution is -2.04. The average Bonchev–Trinajstić information content (AvgIpc) is 2.16. The van der Waals surface area contributed by atoms with Gasteiger partial charge in [-0.2, -0.15) is 0 Å². The molecule has 1 heterocycles. The number of rotatable bonds is 3. The first-order valence-corrected chi connectivity index (χ1v) is 4.12. The number of aldehydes is 1. The summed E-state index contributed by atoms with van der Waals surface area (Å²) in [6.07, 6.45) is -2.98.